The van der Waals surface area contributed by atoms with Crippen molar-refractivity contribution in [3.63, 3.8) is 0 Å². The lowest BCUT2D eigenvalue weighted by atomic mass is 9.95. The standard InChI is InChI=1S/C23H30Cl2N4O2/c1-4-5-12-27(3)22(30)17-10-13-28(14-11-17)23(31)20-16(2)26-29(21(20)25)15-18-8-6-7-9-19(18)24/h6-9,17H,4-5,10-15H2,1-3H3. The molecule has 3 rings (SSSR count). The van der Waals surface area contributed by atoms with Gasteiger partial charge < -0.3 is 9.80 Å². The quantitative estimate of drug-likeness (QED) is 0.598. The highest BCUT2D eigenvalue weighted by Crippen LogP contribution is 2.27. The predicted octanol–water partition coefficient (Wildman–Crippen LogP) is 4.66. The van der Waals surface area contributed by atoms with Crippen LogP contribution in [-0.2, 0) is 11.3 Å². The number of carbonyl (C=O) groups is 2. The Morgan fingerprint density at radius 3 is 2.52 bits per heavy atom. The monoisotopic (exact) mass is 464 g/mol. The minimum Gasteiger partial charge on any atom is -0.346 e. The molecule has 0 bridgehead atoms. The van der Waals surface area contributed by atoms with Gasteiger partial charge in [-0.25, -0.2) is 4.68 Å². The number of piperidine rings is 1. The molecule has 0 radical (unpaired) electrons. The number of aryl methyl sites for hydroxylation is 1. The maximum atomic E-state index is 13.2. The molecule has 1 fully saturated rings. The molecule has 0 N–H and O–H groups in total. The van der Waals surface area contributed by atoms with Crippen molar-refractivity contribution >= 4 is 35.0 Å². The van der Waals surface area contributed by atoms with Crippen molar-refractivity contribution in [3.05, 3.63) is 51.3 Å². The fourth-order valence-electron chi connectivity index (χ4n) is 3.99. The fourth-order valence-corrected chi connectivity index (χ4v) is 4.50. The van der Waals surface area contributed by atoms with Gasteiger partial charge in [-0.2, -0.15) is 5.10 Å². The average molecular weight is 465 g/mol. The van der Waals surface area contributed by atoms with Gasteiger partial charge in [0.05, 0.1) is 17.8 Å². The normalized spacial score (nSPS) is 14.7. The molecule has 2 heterocycles. The van der Waals surface area contributed by atoms with E-state index in [1.165, 1.54) is 0 Å². The summed E-state index contributed by atoms with van der Waals surface area (Å²) in [5.74, 6) is 0.0332. The fraction of sp³-hybridized carbons (Fsp3) is 0.522. The highest BCUT2D eigenvalue weighted by molar-refractivity contribution is 6.33. The van der Waals surface area contributed by atoms with Gasteiger partial charge in [0, 0.05) is 37.6 Å². The minimum atomic E-state index is -0.127. The Balaban J connectivity index is 1.66. The van der Waals surface area contributed by atoms with Gasteiger partial charge >= 0.3 is 0 Å². The Kier molecular flexibility index (Phi) is 8.00. The molecule has 168 valence electrons. The van der Waals surface area contributed by atoms with Crippen molar-refractivity contribution in [1.82, 2.24) is 19.6 Å². The molecule has 0 spiro atoms. The summed E-state index contributed by atoms with van der Waals surface area (Å²) < 4.78 is 1.62. The number of benzene rings is 1. The summed E-state index contributed by atoms with van der Waals surface area (Å²) in [4.78, 5) is 29.4. The van der Waals surface area contributed by atoms with E-state index in [9.17, 15) is 9.59 Å². The summed E-state index contributed by atoms with van der Waals surface area (Å²) in [6, 6.07) is 7.50. The number of nitrogens with zero attached hydrogens (tertiary/aromatic N) is 4. The van der Waals surface area contributed by atoms with Crippen molar-refractivity contribution in [2.24, 2.45) is 5.92 Å². The van der Waals surface area contributed by atoms with Crippen LogP contribution in [0.15, 0.2) is 24.3 Å². The zero-order valence-electron chi connectivity index (χ0n) is 18.4. The van der Waals surface area contributed by atoms with Crippen molar-refractivity contribution in [2.45, 2.75) is 46.1 Å². The lowest BCUT2D eigenvalue weighted by molar-refractivity contribution is -0.135. The summed E-state index contributed by atoms with van der Waals surface area (Å²) in [6.07, 6.45) is 3.42. The van der Waals surface area contributed by atoms with Crippen LogP contribution in [0.4, 0.5) is 0 Å². The molecule has 6 nitrogen and oxygen atoms in total. The van der Waals surface area contributed by atoms with Gasteiger partial charge in [-0.1, -0.05) is 54.7 Å². The maximum absolute atomic E-state index is 13.2. The van der Waals surface area contributed by atoms with Gasteiger partial charge in [0.15, 0.2) is 0 Å². The number of rotatable bonds is 7. The summed E-state index contributed by atoms with van der Waals surface area (Å²) in [5, 5.41) is 5.43. The van der Waals surface area contributed by atoms with Gasteiger partial charge in [0.1, 0.15) is 5.15 Å². The maximum Gasteiger partial charge on any atom is 0.258 e. The molecule has 1 saturated heterocycles. The predicted molar refractivity (Wildman–Crippen MR) is 124 cm³/mol. The van der Waals surface area contributed by atoms with Crippen LogP contribution in [-0.4, -0.2) is 58.1 Å². The van der Waals surface area contributed by atoms with Crippen LogP contribution in [0.25, 0.3) is 0 Å². The molecule has 2 aromatic rings. The number of unbranched alkanes of at least 4 members (excludes halogenated alkanes) is 1. The average Bonchev–Trinajstić information content (AvgIpc) is 3.05. The molecule has 1 aliphatic heterocycles. The van der Waals surface area contributed by atoms with Crippen molar-refractivity contribution < 1.29 is 9.59 Å². The Morgan fingerprint density at radius 1 is 1.19 bits per heavy atom. The number of carbonyl (C=O) groups excluding carboxylic acids is 2. The van der Waals surface area contributed by atoms with Crippen LogP contribution in [0.1, 0.15) is 54.2 Å². The summed E-state index contributed by atoms with van der Waals surface area (Å²) in [7, 11) is 1.87. The molecule has 0 atom stereocenters. The first-order valence-corrected chi connectivity index (χ1v) is 11.6. The number of likely N-dealkylation sites (tertiary alicyclic amines) is 1. The van der Waals surface area contributed by atoms with Crippen molar-refractivity contribution in [1.29, 1.82) is 0 Å². The lowest BCUT2D eigenvalue weighted by Gasteiger charge is -2.33. The number of hydrogen-bond acceptors (Lipinski definition) is 3. The molecule has 1 aliphatic rings. The Labute approximate surface area is 194 Å². The van der Waals surface area contributed by atoms with Crippen LogP contribution in [0.5, 0.6) is 0 Å². The van der Waals surface area contributed by atoms with E-state index >= 15 is 0 Å². The van der Waals surface area contributed by atoms with E-state index in [1.54, 1.807) is 16.5 Å². The lowest BCUT2D eigenvalue weighted by Crippen LogP contribution is -2.43. The molecule has 1 aromatic carbocycles. The SMILES string of the molecule is CCCCN(C)C(=O)C1CCN(C(=O)c2c(C)nn(Cc3ccccc3Cl)c2Cl)CC1. The van der Waals surface area contributed by atoms with Gasteiger partial charge in [-0.05, 0) is 37.8 Å². The van der Waals surface area contributed by atoms with Gasteiger partial charge in [-0.15, -0.1) is 0 Å². The first-order valence-electron chi connectivity index (χ1n) is 10.8. The number of halogens is 2. The zero-order chi connectivity index (χ0) is 22.5. The number of hydrogen-bond donors (Lipinski definition) is 0. The number of amides is 2. The van der Waals surface area contributed by atoms with E-state index in [-0.39, 0.29) is 17.7 Å². The second kappa shape index (κ2) is 10.5. The van der Waals surface area contributed by atoms with E-state index in [0.29, 0.717) is 53.9 Å². The topological polar surface area (TPSA) is 58.4 Å². The first kappa shape index (κ1) is 23.6. The molecular formula is C23H30Cl2N4O2. The second-order valence-electron chi connectivity index (χ2n) is 8.18. The highest BCUT2D eigenvalue weighted by Gasteiger charge is 2.32. The van der Waals surface area contributed by atoms with Crippen LogP contribution < -0.4 is 0 Å². The number of aromatic nitrogens is 2. The second-order valence-corrected chi connectivity index (χ2v) is 8.95. The van der Waals surface area contributed by atoms with E-state index in [2.05, 4.69) is 12.0 Å². The largest absolute Gasteiger partial charge is 0.346 e. The van der Waals surface area contributed by atoms with Gasteiger partial charge in [0.2, 0.25) is 5.91 Å². The molecule has 1 aromatic heterocycles. The van der Waals surface area contributed by atoms with E-state index < -0.39 is 0 Å². The molecule has 0 aliphatic carbocycles. The Morgan fingerprint density at radius 2 is 1.87 bits per heavy atom. The van der Waals surface area contributed by atoms with Crippen LogP contribution >= 0.6 is 23.2 Å². The third-order valence-electron chi connectivity index (χ3n) is 5.91. The highest BCUT2D eigenvalue weighted by atomic mass is 35.5. The Hall–Kier alpha value is -2.05. The first-order chi connectivity index (χ1) is 14.8. The molecule has 0 unspecified atom stereocenters. The van der Waals surface area contributed by atoms with Gasteiger partial charge in [0.25, 0.3) is 5.91 Å². The molecule has 0 saturated carbocycles. The van der Waals surface area contributed by atoms with Crippen molar-refractivity contribution in [3.8, 4) is 0 Å². The molecule has 2 amide bonds. The third kappa shape index (κ3) is 5.42. The minimum absolute atomic E-state index is 0.0228. The van der Waals surface area contributed by atoms with Crippen LogP contribution in [0, 0.1) is 12.8 Å². The van der Waals surface area contributed by atoms with Gasteiger partial charge in [-0.3, -0.25) is 9.59 Å². The summed E-state index contributed by atoms with van der Waals surface area (Å²) in [5.41, 5.74) is 1.91. The third-order valence-corrected chi connectivity index (χ3v) is 6.66. The van der Waals surface area contributed by atoms with E-state index in [0.717, 1.165) is 24.9 Å². The summed E-state index contributed by atoms with van der Waals surface area (Å²) >= 11 is 12.8. The van der Waals surface area contributed by atoms with Crippen molar-refractivity contribution in [2.75, 3.05) is 26.7 Å². The zero-order valence-corrected chi connectivity index (χ0v) is 19.9. The van der Waals surface area contributed by atoms with E-state index in [1.807, 2.05) is 36.2 Å². The molecule has 8 heteroatoms. The summed E-state index contributed by atoms with van der Waals surface area (Å²) in [6.45, 7) is 6.18. The van der Waals surface area contributed by atoms with Crippen LogP contribution in [0.3, 0.4) is 0 Å². The smallest absolute Gasteiger partial charge is 0.258 e. The van der Waals surface area contributed by atoms with E-state index in [4.69, 9.17) is 23.2 Å². The molecule has 31 heavy (non-hydrogen) atoms. The van der Waals surface area contributed by atoms with Crippen LogP contribution in [0.2, 0.25) is 10.2 Å². The molecular weight excluding hydrogens is 435 g/mol. The Bertz CT molecular complexity index is 936.